The van der Waals surface area contributed by atoms with Crippen molar-refractivity contribution in [2.45, 2.75) is 18.9 Å². The normalized spacial score (nSPS) is 14.4. The van der Waals surface area contributed by atoms with Crippen LogP contribution in [0.4, 0.5) is 5.69 Å². The van der Waals surface area contributed by atoms with E-state index in [2.05, 4.69) is 11.5 Å². The van der Waals surface area contributed by atoms with Gasteiger partial charge in [-0.15, -0.1) is 6.58 Å². The summed E-state index contributed by atoms with van der Waals surface area (Å²) in [5.41, 5.74) is 0.871. The van der Waals surface area contributed by atoms with Gasteiger partial charge in [-0.2, -0.15) is 0 Å². The molecule has 0 aliphatic heterocycles. The molecule has 0 amide bonds. The van der Waals surface area contributed by atoms with Crippen LogP contribution in [0.2, 0.25) is 5.02 Å². The summed E-state index contributed by atoms with van der Waals surface area (Å²) in [6, 6.07) is 5.61. The molecule has 1 N–H and O–H groups in total. The quantitative estimate of drug-likeness (QED) is 0.817. The van der Waals surface area contributed by atoms with E-state index in [-0.39, 0.29) is 10.6 Å². The van der Waals surface area contributed by atoms with Crippen molar-refractivity contribution in [3.05, 3.63) is 41.4 Å². The second-order valence-corrected chi connectivity index (χ2v) is 4.52. The summed E-state index contributed by atoms with van der Waals surface area (Å²) in [6.07, 6.45) is 3.98. The van der Waals surface area contributed by atoms with Gasteiger partial charge in [-0.3, -0.25) is 0 Å². The molecule has 4 heteroatoms. The molecule has 1 aliphatic carbocycles. The van der Waals surface area contributed by atoms with Crippen molar-refractivity contribution in [3.63, 3.8) is 0 Å². The molecule has 1 aromatic carbocycles. The monoisotopic (exact) mass is 251 g/mol. The predicted octanol–water partition coefficient (Wildman–Crippen LogP) is 3.19. The Morgan fingerprint density at radius 2 is 2.29 bits per heavy atom. The van der Waals surface area contributed by atoms with Gasteiger partial charge in [-0.1, -0.05) is 23.7 Å². The average Bonchev–Trinajstić information content (AvgIpc) is 3.08. The Kier molecular flexibility index (Phi) is 3.38. The highest BCUT2D eigenvalue weighted by molar-refractivity contribution is 6.34. The van der Waals surface area contributed by atoms with E-state index in [1.165, 1.54) is 0 Å². The lowest BCUT2D eigenvalue weighted by Gasteiger charge is -2.25. The Labute approximate surface area is 105 Å². The zero-order valence-corrected chi connectivity index (χ0v) is 10.2. The van der Waals surface area contributed by atoms with Crippen LogP contribution in [0.25, 0.3) is 0 Å². The Hall–Kier alpha value is -1.48. The van der Waals surface area contributed by atoms with Crippen LogP contribution < -0.4 is 4.90 Å². The number of aromatic carboxylic acids is 1. The molecule has 2 rings (SSSR count). The van der Waals surface area contributed by atoms with Crippen molar-refractivity contribution < 1.29 is 9.90 Å². The van der Waals surface area contributed by atoms with E-state index in [1.807, 2.05) is 0 Å². The number of benzene rings is 1. The number of nitrogens with zero attached hydrogens (tertiary/aromatic N) is 1. The Balaban J connectivity index is 2.44. The smallest absolute Gasteiger partial charge is 0.339 e. The SMILES string of the molecule is C=CCN(c1cccc(Cl)c1C(=O)O)C1CC1. The van der Waals surface area contributed by atoms with Crippen LogP contribution in [0.1, 0.15) is 23.2 Å². The Bertz CT molecular complexity index is 455. The van der Waals surface area contributed by atoms with E-state index < -0.39 is 5.97 Å². The summed E-state index contributed by atoms with van der Waals surface area (Å²) < 4.78 is 0. The summed E-state index contributed by atoms with van der Waals surface area (Å²) in [5, 5.41) is 9.51. The minimum Gasteiger partial charge on any atom is -0.478 e. The molecule has 0 heterocycles. The molecular weight excluding hydrogens is 238 g/mol. The number of carbonyl (C=O) groups is 1. The highest BCUT2D eigenvalue weighted by Gasteiger charge is 2.31. The van der Waals surface area contributed by atoms with E-state index in [0.29, 0.717) is 18.3 Å². The molecule has 1 saturated carbocycles. The van der Waals surface area contributed by atoms with Crippen molar-refractivity contribution in [1.29, 1.82) is 0 Å². The minimum absolute atomic E-state index is 0.183. The highest BCUT2D eigenvalue weighted by Crippen LogP contribution is 2.35. The third-order valence-electron chi connectivity index (χ3n) is 2.83. The van der Waals surface area contributed by atoms with Crippen molar-refractivity contribution >= 4 is 23.3 Å². The number of carboxylic acid groups (broad SMARTS) is 1. The fraction of sp³-hybridized carbons (Fsp3) is 0.308. The lowest BCUT2D eigenvalue weighted by Crippen LogP contribution is -2.27. The number of halogens is 1. The molecule has 1 aliphatic rings. The van der Waals surface area contributed by atoms with Crippen molar-refractivity contribution in [3.8, 4) is 0 Å². The van der Waals surface area contributed by atoms with Gasteiger partial charge in [0.25, 0.3) is 0 Å². The van der Waals surface area contributed by atoms with Gasteiger partial charge in [0.1, 0.15) is 5.56 Å². The fourth-order valence-corrected chi connectivity index (χ4v) is 2.18. The maximum Gasteiger partial charge on any atom is 0.339 e. The molecule has 0 atom stereocenters. The minimum atomic E-state index is -0.986. The zero-order chi connectivity index (χ0) is 12.4. The van der Waals surface area contributed by atoms with Gasteiger partial charge in [0.15, 0.2) is 0 Å². The Morgan fingerprint density at radius 3 is 2.82 bits per heavy atom. The van der Waals surface area contributed by atoms with Gasteiger partial charge in [-0.05, 0) is 25.0 Å². The predicted molar refractivity (Wildman–Crippen MR) is 69.0 cm³/mol. The molecule has 3 nitrogen and oxygen atoms in total. The van der Waals surface area contributed by atoms with Crippen molar-refractivity contribution in [2.24, 2.45) is 0 Å². The van der Waals surface area contributed by atoms with Gasteiger partial charge in [0.05, 0.1) is 10.7 Å². The molecule has 0 unspecified atom stereocenters. The van der Waals surface area contributed by atoms with E-state index in [0.717, 1.165) is 12.8 Å². The maximum absolute atomic E-state index is 11.3. The number of hydrogen-bond acceptors (Lipinski definition) is 2. The molecule has 0 radical (unpaired) electrons. The highest BCUT2D eigenvalue weighted by atomic mass is 35.5. The van der Waals surface area contributed by atoms with Crippen LogP contribution in [-0.4, -0.2) is 23.7 Å². The topological polar surface area (TPSA) is 40.5 Å². The lowest BCUT2D eigenvalue weighted by atomic mass is 10.1. The summed E-state index contributed by atoms with van der Waals surface area (Å²) in [7, 11) is 0. The molecule has 0 spiro atoms. The zero-order valence-electron chi connectivity index (χ0n) is 9.40. The first-order chi connectivity index (χ1) is 8.15. The molecule has 0 saturated heterocycles. The summed E-state index contributed by atoms with van der Waals surface area (Å²) >= 11 is 5.96. The first-order valence-corrected chi connectivity index (χ1v) is 5.92. The van der Waals surface area contributed by atoms with E-state index >= 15 is 0 Å². The fourth-order valence-electron chi connectivity index (χ4n) is 1.93. The van der Waals surface area contributed by atoms with Crippen LogP contribution in [0.15, 0.2) is 30.9 Å². The molecule has 1 fully saturated rings. The summed E-state index contributed by atoms with van der Waals surface area (Å²) in [4.78, 5) is 13.3. The summed E-state index contributed by atoms with van der Waals surface area (Å²) in [6.45, 7) is 4.36. The van der Waals surface area contributed by atoms with Crippen LogP contribution in [0.5, 0.6) is 0 Å². The number of carboxylic acids is 1. The van der Waals surface area contributed by atoms with Crippen LogP contribution in [-0.2, 0) is 0 Å². The number of anilines is 1. The lowest BCUT2D eigenvalue weighted by molar-refractivity contribution is 0.0697. The van der Waals surface area contributed by atoms with E-state index in [1.54, 1.807) is 24.3 Å². The van der Waals surface area contributed by atoms with Gasteiger partial charge in [0, 0.05) is 12.6 Å². The van der Waals surface area contributed by atoms with Crippen molar-refractivity contribution in [1.82, 2.24) is 0 Å². The largest absolute Gasteiger partial charge is 0.478 e. The van der Waals surface area contributed by atoms with E-state index in [4.69, 9.17) is 11.6 Å². The molecule has 1 aromatic rings. The van der Waals surface area contributed by atoms with Gasteiger partial charge in [0.2, 0.25) is 0 Å². The third-order valence-corrected chi connectivity index (χ3v) is 3.14. The van der Waals surface area contributed by atoms with Gasteiger partial charge < -0.3 is 10.0 Å². The average molecular weight is 252 g/mol. The van der Waals surface area contributed by atoms with Gasteiger partial charge >= 0.3 is 5.97 Å². The van der Waals surface area contributed by atoms with E-state index in [9.17, 15) is 9.90 Å². The molecule has 0 aromatic heterocycles. The molecule has 0 bridgehead atoms. The van der Waals surface area contributed by atoms with Crippen molar-refractivity contribution in [2.75, 3.05) is 11.4 Å². The number of hydrogen-bond donors (Lipinski definition) is 1. The first kappa shape index (κ1) is 12.0. The molecular formula is C13H14ClNO2. The number of rotatable bonds is 5. The second-order valence-electron chi connectivity index (χ2n) is 4.11. The summed E-state index contributed by atoms with van der Waals surface area (Å²) in [5.74, 6) is -0.986. The van der Waals surface area contributed by atoms with Crippen LogP contribution in [0.3, 0.4) is 0 Å². The first-order valence-electron chi connectivity index (χ1n) is 5.54. The second kappa shape index (κ2) is 4.80. The maximum atomic E-state index is 11.3. The third kappa shape index (κ3) is 2.44. The van der Waals surface area contributed by atoms with Gasteiger partial charge in [-0.25, -0.2) is 4.79 Å². The molecule has 90 valence electrons. The van der Waals surface area contributed by atoms with Crippen LogP contribution >= 0.6 is 11.6 Å². The standard InChI is InChI=1S/C13H14ClNO2/c1-2-8-15(9-6-7-9)11-5-3-4-10(14)12(11)13(16)17/h2-5,9H,1,6-8H2,(H,16,17). The van der Waals surface area contributed by atoms with Crippen LogP contribution in [0, 0.1) is 0 Å². The Morgan fingerprint density at radius 1 is 1.59 bits per heavy atom. The molecule has 17 heavy (non-hydrogen) atoms.